The van der Waals surface area contributed by atoms with Crippen LogP contribution in [-0.2, 0) is 0 Å². The smallest absolute Gasteiger partial charge is 0.185 e. The van der Waals surface area contributed by atoms with Gasteiger partial charge in [0, 0.05) is 16.2 Å². The largest absolute Gasteiger partial charge is 0.289 e. The summed E-state index contributed by atoms with van der Waals surface area (Å²) in [6, 6.07) is 12.9. The van der Waals surface area contributed by atoms with Crippen molar-refractivity contribution in [1.82, 2.24) is 4.98 Å². The van der Waals surface area contributed by atoms with Gasteiger partial charge in [-0.25, -0.2) is 0 Å². The first-order valence-electron chi connectivity index (χ1n) is 5.15. The van der Waals surface area contributed by atoms with Crippen LogP contribution >= 0.6 is 15.9 Å². The maximum Gasteiger partial charge on any atom is 0.185 e. The van der Waals surface area contributed by atoms with E-state index in [2.05, 4.69) is 20.9 Å². The van der Waals surface area contributed by atoms with Gasteiger partial charge in [-0.05, 0) is 48.6 Å². The highest BCUT2D eigenvalue weighted by Crippen LogP contribution is 2.11. The third kappa shape index (κ3) is 3.36. The summed E-state index contributed by atoms with van der Waals surface area (Å²) in [7, 11) is 0. The fourth-order valence-electron chi connectivity index (χ4n) is 1.35. The Kier molecular flexibility index (Phi) is 3.83. The quantitative estimate of drug-likeness (QED) is 0.636. The minimum atomic E-state index is -0.0249. The monoisotopic (exact) mass is 287 g/mol. The van der Waals surface area contributed by atoms with E-state index in [4.69, 9.17) is 0 Å². The molecule has 0 aliphatic rings. The number of pyridine rings is 1. The number of allylic oxidation sites excluding steroid dienone is 1. The van der Waals surface area contributed by atoms with Gasteiger partial charge in [-0.3, -0.25) is 9.78 Å². The maximum atomic E-state index is 11.8. The van der Waals surface area contributed by atoms with Crippen molar-refractivity contribution >= 4 is 27.8 Å². The van der Waals surface area contributed by atoms with Crippen LogP contribution in [0.2, 0.25) is 0 Å². The molecule has 84 valence electrons. The molecule has 1 heterocycles. The molecule has 2 rings (SSSR count). The zero-order chi connectivity index (χ0) is 12.1. The van der Waals surface area contributed by atoms with Crippen molar-refractivity contribution in [2.45, 2.75) is 0 Å². The molecular weight excluding hydrogens is 278 g/mol. The summed E-state index contributed by atoms with van der Waals surface area (Å²) in [5.41, 5.74) is 1.44. The minimum absolute atomic E-state index is 0.0249. The topological polar surface area (TPSA) is 30.0 Å². The van der Waals surface area contributed by atoms with Gasteiger partial charge in [-0.2, -0.15) is 0 Å². The molecule has 0 atom stereocenters. The van der Waals surface area contributed by atoms with Gasteiger partial charge in [0.25, 0.3) is 0 Å². The maximum absolute atomic E-state index is 11.8. The van der Waals surface area contributed by atoms with Crippen LogP contribution in [0.3, 0.4) is 0 Å². The van der Waals surface area contributed by atoms with E-state index in [0.717, 1.165) is 10.2 Å². The molecule has 0 aliphatic heterocycles. The summed E-state index contributed by atoms with van der Waals surface area (Å²) >= 11 is 3.33. The molecule has 0 spiro atoms. The second-order valence-corrected chi connectivity index (χ2v) is 4.37. The highest BCUT2D eigenvalue weighted by Gasteiger charge is 2.00. The van der Waals surface area contributed by atoms with E-state index in [0.29, 0.717) is 5.56 Å². The van der Waals surface area contributed by atoms with Gasteiger partial charge in [-0.1, -0.05) is 22.0 Å². The lowest BCUT2D eigenvalue weighted by molar-refractivity contribution is 0.104. The van der Waals surface area contributed by atoms with E-state index in [1.165, 1.54) is 6.08 Å². The van der Waals surface area contributed by atoms with E-state index >= 15 is 0 Å². The normalized spacial score (nSPS) is 10.6. The summed E-state index contributed by atoms with van der Waals surface area (Å²) in [6.07, 6.45) is 4.94. The zero-order valence-corrected chi connectivity index (χ0v) is 10.6. The minimum Gasteiger partial charge on any atom is -0.289 e. The van der Waals surface area contributed by atoms with Gasteiger partial charge in [0.1, 0.15) is 0 Å². The molecule has 0 fully saturated rings. The van der Waals surface area contributed by atoms with Crippen molar-refractivity contribution in [2.24, 2.45) is 0 Å². The molecule has 0 N–H and O–H groups in total. The van der Waals surface area contributed by atoms with Crippen LogP contribution in [0.4, 0.5) is 0 Å². The van der Waals surface area contributed by atoms with Crippen molar-refractivity contribution < 1.29 is 4.79 Å². The fourth-order valence-corrected chi connectivity index (χ4v) is 1.61. The number of benzene rings is 1. The van der Waals surface area contributed by atoms with E-state index in [1.807, 2.05) is 30.3 Å². The second-order valence-electron chi connectivity index (χ2n) is 3.46. The number of hydrogen-bond acceptors (Lipinski definition) is 2. The Bertz CT molecular complexity index is 532. The van der Waals surface area contributed by atoms with Gasteiger partial charge in [0.2, 0.25) is 0 Å². The number of rotatable bonds is 3. The average molecular weight is 288 g/mol. The van der Waals surface area contributed by atoms with E-state index in [-0.39, 0.29) is 5.78 Å². The predicted octanol–water partition coefficient (Wildman–Crippen LogP) is 3.74. The molecule has 2 nitrogen and oxygen atoms in total. The standard InChI is InChI=1S/C14H10BrNO/c15-12-6-4-11(5-7-12)14(17)9-8-13-3-1-2-10-16-13/h1-10H/b9-8+. The molecule has 17 heavy (non-hydrogen) atoms. The van der Waals surface area contributed by atoms with Gasteiger partial charge in [0.05, 0.1) is 5.69 Å². The number of nitrogens with zero attached hydrogens (tertiary/aromatic N) is 1. The molecule has 0 saturated heterocycles. The van der Waals surface area contributed by atoms with Crippen molar-refractivity contribution in [1.29, 1.82) is 0 Å². The Balaban J connectivity index is 2.12. The van der Waals surface area contributed by atoms with E-state index in [9.17, 15) is 4.79 Å². The van der Waals surface area contributed by atoms with E-state index < -0.39 is 0 Å². The van der Waals surface area contributed by atoms with Gasteiger partial charge < -0.3 is 0 Å². The number of hydrogen-bond donors (Lipinski definition) is 0. The number of ketones is 1. The molecule has 0 unspecified atom stereocenters. The Labute approximate surface area is 108 Å². The first-order valence-corrected chi connectivity index (χ1v) is 5.94. The third-order valence-electron chi connectivity index (χ3n) is 2.22. The molecule has 0 aliphatic carbocycles. The number of carbonyl (C=O) groups is 1. The Morgan fingerprint density at radius 3 is 2.53 bits per heavy atom. The summed E-state index contributed by atoms with van der Waals surface area (Å²) in [4.78, 5) is 15.9. The van der Waals surface area contributed by atoms with Gasteiger partial charge in [0.15, 0.2) is 5.78 Å². The average Bonchev–Trinajstić information content (AvgIpc) is 2.38. The van der Waals surface area contributed by atoms with Crippen LogP contribution in [0.5, 0.6) is 0 Å². The Morgan fingerprint density at radius 2 is 1.88 bits per heavy atom. The van der Waals surface area contributed by atoms with Crippen LogP contribution in [-0.4, -0.2) is 10.8 Å². The Morgan fingerprint density at radius 1 is 1.12 bits per heavy atom. The Hall–Kier alpha value is -1.74. The number of carbonyl (C=O) groups excluding carboxylic acids is 1. The lowest BCUT2D eigenvalue weighted by atomic mass is 10.1. The van der Waals surface area contributed by atoms with Crippen molar-refractivity contribution in [3.8, 4) is 0 Å². The van der Waals surface area contributed by atoms with Gasteiger partial charge >= 0.3 is 0 Å². The lowest BCUT2D eigenvalue weighted by Gasteiger charge is -1.95. The molecule has 0 bridgehead atoms. The zero-order valence-electron chi connectivity index (χ0n) is 9.01. The fraction of sp³-hybridized carbons (Fsp3) is 0. The highest BCUT2D eigenvalue weighted by atomic mass is 79.9. The molecule has 1 aromatic carbocycles. The van der Waals surface area contributed by atoms with Crippen LogP contribution in [0.1, 0.15) is 16.1 Å². The van der Waals surface area contributed by atoms with Crippen LogP contribution in [0.25, 0.3) is 6.08 Å². The molecule has 0 amide bonds. The number of aromatic nitrogens is 1. The molecule has 0 radical (unpaired) electrons. The lowest BCUT2D eigenvalue weighted by Crippen LogP contribution is -1.93. The molecule has 0 saturated carbocycles. The molecule has 2 aromatic rings. The first kappa shape index (κ1) is 11.7. The highest BCUT2D eigenvalue weighted by molar-refractivity contribution is 9.10. The second kappa shape index (κ2) is 5.55. The first-order chi connectivity index (χ1) is 8.25. The van der Waals surface area contributed by atoms with Crippen molar-refractivity contribution in [3.05, 3.63) is 70.5 Å². The summed E-state index contributed by atoms with van der Waals surface area (Å²) in [5, 5.41) is 0. The van der Waals surface area contributed by atoms with Crippen molar-refractivity contribution in [2.75, 3.05) is 0 Å². The van der Waals surface area contributed by atoms with Gasteiger partial charge in [-0.15, -0.1) is 0 Å². The van der Waals surface area contributed by atoms with E-state index in [1.54, 1.807) is 24.4 Å². The predicted molar refractivity (Wildman–Crippen MR) is 71.7 cm³/mol. The molecule has 3 heteroatoms. The summed E-state index contributed by atoms with van der Waals surface area (Å²) in [6.45, 7) is 0. The van der Waals surface area contributed by atoms with Crippen LogP contribution in [0.15, 0.2) is 59.2 Å². The summed E-state index contributed by atoms with van der Waals surface area (Å²) < 4.78 is 0.961. The van der Waals surface area contributed by atoms with Crippen molar-refractivity contribution in [3.63, 3.8) is 0 Å². The SMILES string of the molecule is O=C(/C=C/c1ccccn1)c1ccc(Br)cc1. The number of halogens is 1. The third-order valence-corrected chi connectivity index (χ3v) is 2.75. The molecule has 1 aromatic heterocycles. The van der Waals surface area contributed by atoms with Crippen LogP contribution < -0.4 is 0 Å². The summed E-state index contributed by atoms with van der Waals surface area (Å²) in [5.74, 6) is -0.0249. The molecular formula is C14H10BrNO. The van der Waals surface area contributed by atoms with Crippen LogP contribution in [0, 0.1) is 0 Å².